The molecule has 21 heavy (non-hydrogen) atoms. The molecule has 1 rings (SSSR count). The third kappa shape index (κ3) is 8.42. The van der Waals surface area contributed by atoms with Gasteiger partial charge < -0.3 is 15.3 Å². The number of rotatable bonds is 8. The summed E-state index contributed by atoms with van der Waals surface area (Å²) in [6.07, 6.45) is 5.29. The van der Waals surface area contributed by atoms with Gasteiger partial charge in [-0.05, 0) is 24.2 Å². The number of carboxylic acids is 1. The first-order valence-corrected chi connectivity index (χ1v) is 8.47. The zero-order valence-electron chi connectivity index (χ0n) is 14.3. The number of carboxylic acid groups (broad SMARTS) is 1. The summed E-state index contributed by atoms with van der Waals surface area (Å²) in [5, 5.41) is 12.6. The van der Waals surface area contributed by atoms with Crippen LogP contribution in [0.5, 0.6) is 0 Å². The lowest BCUT2D eigenvalue weighted by molar-refractivity contribution is -0.137. The van der Waals surface area contributed by atoms with Gasteiger partial charge in [-0.25, -0.2) is 0 Å². The normalized spacial score (nSPS) is 24.2. The Morgan fingerprint density at radius 1 is 1.33 bits per heavy atom. The third-order valence-electron chi connectivity index (χ3n) is 4.14. The van der Waals surface area contributed by atoms with Gasteiger partial charge in [0.1, 0.15) is 0 Å². The van der Waals surface area contributed by atoms with Crippen molar-refractivity contribution >= 4 is 5.97 Å². The average molecular weight is 298 g/mol. The molecule has 124 valence electrons. The number of hydrogen-bond donors (Lipinski definition) is 2. The fourth-order valence-electron chi connectivity index (χ4n) is 3.04. The molecule has 0 saturated carbocycles. The first-order chi connectivity index (χ1) is 9.80. The first kappa shape index (κ1) is 18.4. The predicted octanol–water partition coefficient (Wildman–Crippen LogP) is 2.98. The summed E-state index contributed by atoms with van der Waals surface area (Å²) in [7, 11) is 0. The number of nitrogens with zero attached hydrogens (tertiary/aromatic N) is 1. The summed E-state index contributed by atoms with van der Waals surface area (Å²) >= 11 is 0. The van der Waals surface area contributed by atoms with Crippen molar-refractivity contribution in [1.29, 1.82) is 0 Å². The summed E-state index contributed by atoms with van der Waals surface area (Å²) < 4.78 is 0. The highest BCUT2D eigenvalue weighted by Gasteiger charge is 2.27. The summed E-state index contributed by atoms with van der Waals surface area (Å²) in [5.74, 6) is 0.0230. The van der Waals surface area contributed by atoms with Gasteiger partial charge in [-0.1, -0.05) is 40.5 Å². The Hall–Kier alpha value is -0.610. The predicted molar refractivity (Wildman–Crippen MR) is 87.6 cm³/mol. The van der Waals surface area contributed by atoms with Gasteiger partial charge in [-0.3, -0.25) is 4.79 Å². The molecule has 1 aliphatic rings. The van der Waals surface area contributed by atoms with E-state index in [2.05, 4.69) is 37.9 Å². The standard InChI is InChI=1S/C17H34N2O2/c1-5-6-7-14-10-15(18-13-17(2,3)4)12-19(11-14)9-8-16(20)21/h14-15,18H,5-13H2,1-4H3,(H,20,21). The van der Waals surface area contributed by atoms with E-state index in [0.29, 0.717) is 23.9 Å². The lowest BCUT2D eigenvalue weighted by Gasteiger charge is -2.39. The van der Waals surface area contributed by atoms with Crippen LogP contribution >= 0.6 is 0 Å². The van der Waals surface area contributed by atoms with Gasteiger partial charge in [-0.2, -0.15) is 0 Å². The van der Waals surface area contributed by atoms with E-state index in [1.165, 1.54) is 25.7 Å². The van der Waals surface area contributed by atoms with Crippen LogP contribution in [-0.4, -0.2) is 48.2 Å². The minimum absolute atomic E-state index is 0.256. The molecule has 4 heteroatoms. The Morgan fingerprint density at radius 3 is 2.62 bits per heavy atom. The largest absolute Gasteiger partial charge is 0.481 e. The summed E-state index contributed by atoms with van der Waals surface area (Å²) in [6, 6.07) is 0.508. The highest BCUT2D eigenvalue weighted by molar-refractivity contribution is 5.66. The molecular weight excluding hydrogens is 264 g/mol. The van der Waals surface area contributed by atoms with Gasteiger partial charge >= 0.3 is 5.97 Å². The van der Waals surface area contributed by atoms with Crippen molar-refractivity contribution in [3.63, 3.8) is 0 Å². The number of hydrogen-bond acceptors (Lipinski definition) is 3. The van der Waals surface area contributed by atoms with Crippen molar-refractivity contribution in [1.82, 2.24) is 10.2 Å². The van der Waals surface area contributed by atoms with E-state index >= 15 is 0 Å². The van der Waals surface area contributed by atoms with Crippen LogP contribution in [0.15, 0.2) is 0 Å². The minimum Gasteiger partial charge on any atom is -0.481 e. The van der Waals surface area contributed by atoms with Crippen molar-refractivity contribution in [3.05, 3.63) is 0 Å². The van der Waals surface area contributed by atoms with Gasteiger partial charge in [0.2, 0.25) is 0 Å². The van der Waals surface area contributed by atoms with E-state index in [4.69, 9.17) is 5.11 Å². The maximum Gasteiger partial charge on any atom is 0.304 e. The summed E-state index contributed by atoms with van der Waals surface area (Å²) in [4.78, 5) is 13.1. The molecule has 4 nitrogen and oxygen atoms in total. The monoisotopic (exact) mass is 298 g/mol. The highest BCUT2D eigenvalue weighted by Crippen LogP contribution is 2.23. The van der Waals surface area contributed by atoms with Crippen LogP contribution in [0, 0.1) is 11.3 Å². The van der Waals surface area contributed by atoms with Crippen LogP contribution in [0.1, 0.15) is 59.8 Å². The van der Waals surface area contributed by atoms with Crippen molar-refractivity contribution in [2.24, 2.45) is 11.3 Å². The smallest absolute Gasteiger partial charge is 0.304 e. The topological polar surface area (TPSA) is 52.6 Å². The molecular formula is C17H34N2O2. The molecule has 2 N–H and O–H groups in total. The number of aliphatic carboxylic acids is 1. The molecule has 1 aliphatic heterocycles. The Bertz CT molecular complexity index is 312. The van der Waals surface area contributed by atoms with Crippen LogP contribution in [0.2, 0.25) is 0 Å². The molecule has 0 bridgehead atoms. The molecule has 0 amide bonds. The Kier molecular flexibility index (Phi) is 7.67. The van der Waals surface area contributed by atoms with Gasteiger partial charge in [-0.15, -0.1) is 0 Å². The van der Waals surface area contributed by atoms with Crippen LogP contribution < -0.4 is 5.32 Å². The second-order valence-corrected chi connectivity index (χ2v) is 7.79. The van der Waals surface area contributed by atoms with Crippen LogP contribution in [0.4, 0.5) is 0 Å². The molecule has 2 atom stereocenters. The highest BCUT2D eigenvalue weighted by atomic mass is 16.4. The lowest BCUT2D eigenvalue weighted by Crippen LogP contribution is -2.51. The molecule has 2 unspecified atom stereocenters. The third-order valence-corrected chi connectivity index (χ3v) is 4.14. The second kappa shape index (κ2) is 8.74. The summed E-state index contributed by atoms with van der Waals surface area (Å²) in [6.45, 7) is 12.8. The van der Waals surface area contributed by atoms with Crippen LogP contribution in [0.3, 0.4) is 0 Å². The SMILES string of the molecule is CCCCC1CC(NCC(C)(C)C)CN(CCC(=O)O)C1. The summed E-state index contributed by atoms with van der Waals surface area (Å²) in [5.41, 5.74) is 0.294. The Morgan fingerprint density at radius 2 is 2.05 bits per heavy atom. The quantitative estimate of drug-likeness (QED) is 0.723. The molecule has 1 heterocycles. The lowest BCUT2D eigenvalue weighted by atomic mass is 9.88. The number of piperidine rings is 1. The molecule has 1 fully saturated rings. The van der Waals surface area contributed by atoms with E-state index < -0.39 is 5.97 Å². The van der Waals surface area contributed by atoms with Gasteiger partial charge in [0.15, 0.2) is 0 Å². The molecule has 0 aromatic rings. The fraction of sp³-hybridized carbons (Fsp3) is 0.941. The van der Waals surface area contributed by atoms with Crippen molar-refractivity contribution in [3.8, 4) is 0 Å². The van der Waals surface area contributed by atoms with E-state index in [1.54, 1.807) is 0 Å². The van der Waals surface area contributed by atoms with Gasteiger partial charge in [0.25, 0.3) is 0 Å². The van der Waals surface area contributed by atoms with Crippen LogP contribution in [-0.2, 0) is 4.79 Å². The first-order valence-electron chi connectivity index (χ1n) is 8.47. The zero-order chi connectivity index (χ0) is 15.9. The van der Waals surface area contributed by atoms with E-state index in [1.807, 2.05) is 0 Å². The maximum absolute atomic E-state index is 10.8. The molecule has 0 radical (unpaired) electrons. The van der Waals surface area contributed by atoms with Gasteiger partial charge in [0, 0.05) is 32.2 Å². The molecule has 0 aliphatic carbocycles. The molecule has 0 aromatic carbocycles. The number of nitrogens with one attached hydrogen (secondary N) is 1. The second-order valence-electron chi connectivity index (χ2n) is 7.79. The number of carbonyl (C=O) groups is 1. The Balaban J connectivity index is 2.50. The van der Waals surface area contributed by atoms with Crippen molar-refractivity contribution < 1.29 is 9.90 Å². The molecule has 1 saturated heterocycles. The Labute approximate surface area is 130 Å². The van der Waals surface area contributed by atoms with E-state index in [0.717, 1.165) is 19.6 Å². The molecule has 0 spiro atoms. The van der Waals surface area contributed by atoms with Gasteiger partial charge in [0.05, 0.1) is 6.42 Å². The zero-order valence-corrected chi connectivity index (χ0v) is 14.3. The van der Waals surface area contributed by atoms with Crippen molar-refractivity contribution in [2.45, 2.75) is 65.8 Å². The van der Waals surface area contributed by atoms with E-state index in [9.17, 15) is 4.79 Å². The number of unbranched alkanes of at least 4 members (excludes halogenated alkanes) is 1. The minimum atomic E-state index is -0.690. The number of likely N-dealkylation sites (tertiary alicyclic amines) is 1. The molecule has 0 aromatic heterocycles. The fourth-order valence-corrected chi connectivity index (χ4v) is 3.04. The maximum atomic E-state index is 10.8. The van der Waals surface area contributed by atoms with E-state index in [-0.39, 0.29) is 6.42 Å². The van der Waals surface area contributed by atoms with Crippen molar-refractivity contribution in [2.75, 3.05) is 26.2 Å². The van der Waals surface area contributed by atoms with Crippen LogP contribution in [0.25, 0.3) is 0 Å². The average Bonchev–Trinajstić information content (AvgIpc) is 2.40.